The number of aromatic nitrogens is 1. The molecule has 2 atom stereocenters. The van der Waals surface area contributed by atoms with E-state index >= 15 is 0 Å². The molecule has 0 bridgehead atoms. The average molecular weight is 301 g/mol. The Bertz CT molecular complexity index is 435. The van der Waals surface area contributed by atoms with E-state index in [1.54, 1.807) is 12.1 Å². The van der Waals surface area contributed by atoms with E-state index in [1.807, 2.05) is 0 Å². The summed E-state index contributed by atoms with van der Waals surface area (Å²) in [7, 11) is 0. The van der Waals surface area contributed by atoms with Gasteiger partial charge in [-0.2, -0.15) is 0 Å². The summed E-state index contributed by atoms with van der Waals surface area (Å²) in [5.41, 5.74) is 1.39. The lowest BCUT2D eigenvalue weighted by Gasteiger charge is -2.11. The molecule has 0 aliphatic heterocycles. The van der Waals surface area contributed by atoms with Gasteiger partial charge in [0.2, 0.25) is 0 Å². The number of nitrogens with one attached hydrogen (secondary N) is 3. The minimum absolute atomic E-state index is 0.222. The molecule has 7 N–H and O–H groups in total. The van der Waals surface area contributed by atoms with Crippen molar-refractivity contribution >= 4 is 11.9 Å². The highest BCUT2D eigenvalue weighted by Crippen LogP contribution is 2.02. The van der Waals surface area contributed by atoms with E-state index in [2.05, 4.69) is 15.6 Å². The maximum absolute atomic E-state index is 10.7. The summed E-state index contributed by atoms with van der Waals surface area (Å²) < 4.78 is 0. The number of aliphatic hydroxyl groups excluding tert-OH is 2. The standard InChI is InChI=1S/C12H19N3O6/c16-5-9(11(18)19)13-3-7-1-2-8(15-7)4-14-10(6-17)12(20)21/h1-2,9-10,13-17H,3-6H2,(H,18,19)(H,20,21)/t9-,10-/m0/s1. The number of H-pyrrole nitrogens is 1. The molecule has 0 aromatic carbocycles. The number of aromatic amines is 1. The van der Waals surface area contributed by atoms with Crippen LogP contribution in [0.1, 0.15) is 11.4 Å². The Balaban J connectivity index is 2.46. The third-order valence-corrected chi connectivity index (χ3v) is 2.85. The van der Waals surface area contributed by atoms with Crippen LogP contribution in [0.2, 0.25) is 0 Å². The first kappa shape index (κ1) is 17.1. The fourth-order valence-electron chi connectivity index (χ4n) is 1.62. The van der Waals surface area contributed by atoms with Crippen LogP contribution in [0, 0.1) is 0 Å². The fraction of sp³-hybridized carbons (Fsp3) is 0.500. The fourth-order valence-corrected chi connectivity index (χ4v) is 1.62. The van der Waals surface area contributed by atoms with Crippen LogP contribution in [0.4, 0.5) is 0 Å². The Morgan fingerprint density at radius 3 is 1.62 bits per heavy atom. The van der Waals surface area contributed by atoms with Crippen LogP contribution >= 0.6 is 0 Å². The Morgan fingerprint density at radius 1 is 0.952 bits per heavy atom. The number of hydrogen-bond acceptors (Lipinski definition) is 6. The molecule has 0 saturated heterocycles. The van der Waals surface area contributed by atoms with Gasteiger partial charge in [-0.25, -0.2) is 0 Å². The monoisotopic (exact) mass is 301 g/mol. The second kappa shape index (κ2) is 8.37. The molecule has 0 aliphatic carbocycles. The molecule has 118 valence electrons. The number of aliphatic hydroxyl groups is 2. The van der Waals surface area contributed by atoms with Crippen LogP contribution in [0.25, 0.3) is 0 Å². The summed E-state index contributed by atoms with van der Waals surface area (Å²) >= 11 is 0. The third-order valence-electron chi connectivity index (χ3n) is 2.85. The van der Waals surface area contributed by atoms with Crippen molar-refractivity contribution in [2.75, 3.05) is 13.2 Å². The second-order valence-electron chi connectivity index (χ2n) is 4.42. The van der Waals surface area contributed by atoms with Crippen molar-refractivity contribution in [3.8, 4) is 0 Å². The molecular formula is C12H19N3O6. The number of rotatable bonds is 10. The Hall–Kier alpha value is -1.94. The summed E-state index contributed by atoms with van der Waals surface area (Å²) in [6.45, 7) is -0.581. The van der Waals surface area contributed by atoms with Gasteiger partial charge in [-0.15, -0.1) is 0 Å². The van der Waals surface area contributed by atoms with Gasteiger partial charge in [0.1, 0.15) is 12.1 Å². The largest absolute Gasteiger partial charge is 0.480 e. The minimum atomic E-state index is -1.14. The SMILES string of the molecule is O=C(O)[C@H](CO)NCc1ccc(CN[C@@H](CO)C(=O)O)[nH]1. The molecule has 9 heteroatoms. The molecule has 0 fully saturated rings. The van der Waals surface area contributed by atoms with Crippen molar-refractivity contribution in [3.05, 3.63) is 23.5 Å². The molecular weight excluding hydrogens is 282 g/mol. The molecule has 0 spiro atoms. The number of carboxylic acid groups (broad SMARTS) is 2. The summed E-state index contributed by atoms with van der Waals surface area (Å²) in [4.78, 5) is 24.4. The summed E-state index contributed by atoms with van der Waals surface area (Å²) in [6.07, 6.45) is 0. The highest BCUT2D eigenvalue weighted by Gasteiger charge is 2.16. The highest BCUT2D eigenvalue weighted by atomic mass is 16.4. The summed E-state index contributed by atoms with van der Waals surface area (Å²) in [5.74, 6) is -2.28. The predicted molar refractivity (Wildman–Crippen MR) is 71.5 cm³/mol. The molecule has 0 aliphatic rings. The van der Waals surface area contributed by atoms with Gasteiger partial charge in [0.05, 0.1) is 13.2 Å². The minimum Gasteiger partial charge on any atom is -0.480 e. The molecule has 0 radical (unpaired) electrons. The lowest BCUT2D eigenvalue weighted by molar-refractivity contribution is -0.141. The van der Waals surface area contributed by atoms with Crippen molar-refractivity contribution in [2.24, 2.45) is 0 Å². The molecule has 1 aromatic heterocycles. The lowest BCUT2D eigenvalue weighted by atomic mass is 10.3. The Labute approximate surface area is 120 Å². The van der Waals surface area contributed by atoms with Crippen molar-refractivity contribution in [3.63, 3.8) is 0 Å². The van der Waals surface area contributed by atoms with Gasteiger partial charge in [0.25, 0.3) is 0 Å². The van der Waals surface area contributed by atoms with Crippen LogP contribution in [0.15, 0.2) is 12.1 Å². The maximum Gasteiger partial charge on any atom is 0.323 e. The first-order valence-corrected chi connectivity index (χ1v) is 6.28. The lowest BCUT2D eigenvalue weighted by Crippen LogP contribution is -2.39. The zero-order valence-corrected chi connectivity index (χ0v) is 11.2. The normalized spacial score (nSPS) is 13.8. The highest BCUT2D eigenvalue weighted by molar-refractivity contribution is 5.73. The molecule has 0 unspecified atom stereocenters. The maximum atomic E-state index is 10.7. The predicted octanol–water partition coefficient (Wildman–Crippen LogP) is -1.92. The van der Waals surface area contributed by atoms with Crippen LogP contribution < -0.4 is 10.6 Å². The van der Waals surface area contributed by atoms with Crippen LogP contribution in [-0.2, 0) is 22.7 Å². The van der Waals surface area contributed by atoms with E-state index in [0.29, 0.717) is 11.4 Å². The molecule has 21 heavy (non-hydrogen) atoms. The van der Waals surface area contributed by atoms with Gasteiger partial charge in [-0.1, -0.05) is 0 Å². The molecule has 1 heterocycles. The Morgan fingerprint density at radius 2 is 1.33 bits per heavy atom. The third kappa shape index (κ3) is 5.52. The van der Waals surface area contributed by atoms with E-state index < -0.39 is 37.2 Å². The first-order chi connectivity index (χ1) is 9.97. The number of hydrogen-bond donors (Lipinski definition) is 7. The van der Waals surface area contributed by atoms with Gasteiger partial charge < -0.3 is 25.4 Å². The van der Waals surface area contributed by atoms with E-state index in [9.17, 15) is 9.59 Å². The molecule has 1 aromatic rings. The Kier molecular flexibility index (Phi) is 6.82. The van der Waals surface area contributed by atoms with Gasteiger partial charge in [0, 0.05) is 24.5 Å². The number of aliphatic carboxylic acids is 2. The van der Waals surface area contributed by atoms with Crippen LogP contribution in [0.3, 0.4) is 0 Å². The molecule has 1 rings (SSSR count). The van der Waals surface area contributed by atoms with Gasteiger partial charge >= 0.3 is 11.9 Å². The van der Waals surface area contributed by atoms with Crippen LogP contribution in [-0.4, -0.2) is 62.6 Å². The van der Waals surface area contributed by atoms with Crippen LogP contribution in [0.5, 0.6) is 0 Å². The second-order valence-corrected chi connectivity index (χ2v) is 4.42. The summed E-state index contributed by atoms with van der Waals surface area (Å²) in [5, 5.41) is 40.6. The van der Waals surface area contributed by atoms with Crippen molar-refractivity contribution in [1.82, 2.24) is 15.6 Å². The van der Waals surface area contributed by atoms with E-state index in [1.165, 1.54) is 0 Å². The zero-order valence-electron chi connectivity index (χ0n) is 11.2. The topological polar surface area (TPSA) is 155 Å². The van der Waals surface area contributed by atoms with Crippen molar-refractivity contribution in [1.29, 1.82) is 0 Å². The number of carboxylic acids is 2. The van der Waals surface area contributed by atoms with Gasteiger partial charge in [-0.3, -0.25) is 20.2 Å². The summed E-state index contributed by atoms with van der Waals surface area (Å²) in [6, 6.07) is 1.35. The average Bonchev–Trinajstić information content (AvgIpc) is 2.87. The first-order valence-electron chi connectivity index (χ1n) is 6.28. The van der Waals surface area contributed by atoms with E-state index in [-0.39, 0.29) is 13.1 Å². The van der Waals surface area contributed by atoms with Gasteiger partial charge in [-0.05, 0) is 12.1 Å². The van der Waals surface area contributed by atoms with E-state index in [0.717, 1.165) is 0 Å². The van der Waals surface area contributed by atoms with Gasteiger partial charge in [0.15, 0.2) is 0 Å². The quantitative estimate of drug-likeness (QED) is 0.264. The number of carbonyl (C=O) groups is 2. The molecule has 0 saturated carbocycles. The molecule has 0 amide bonds. The van der Waals surface area contributed by atoms with Crippen molar-refractivity contribution in [2.45, 2.75) is 25.2 Å². The van der Waals surface area contributed by atoms with E-state index in [4.69, 9.17) is 20.4 Å². The molecule has 9 nitrogen and oxygen atoms in total. The van der Waals surface area contributed by atoms with Crippen molar-refractivity contribution < 1.29 is 30.0 Å². The smallest absolute Gasteiger partial charge is 0.323 e. The zero-order chi connectivity index (χ0) is 15.8.